The van der Waals surface area contributed by atoms with E-state index in [-0.39, 0.29) is 11.0 Å². The van der Waals surface area contributed by atoms with Gasteiger partial charge in [-0.2, -0.15) is 0 Å². The normalized spacial score (nSPS) is 13.1. The van der Waals surface area contributed by atoms with Crippen molar-refractivity contribution >= 4 is 11.3 Å². The number of ether oxygens (including phenoxy) is 1. The molecule has 0 aliphatic rings. The molecule has 0 atom stereocenters. The molecule has 0 radical (unpaired) electrons. The fourth-order valence-corrected chi connectivity index (χ4v) is 2.48. The lowest BCUT2D eigenvalue weighted by Crippen LogP contribution is -2.29. The Morgan fingerprint density at radius 1 is 1.38 bits per heavy atom. The highest BCUT2D eigenvalue weighted by molar-refractivity contribution is 7.09. The van der Waals surface area contributed by atoms with E-state index >= 15 is 0 Å². The molecule has 0 unspecified atom stereocenters. The fourth-order valence-electron chi connectivity index (χ4n) is 1.39. The summed E-state index contributed by atoms with van der Waals surface area (Å²) in [6, 6.07) is 0. The maximum Gasteiger partial charge on any atom is 0.124 e. The van der Waals surface area contributed by atoms with Crippen molar-refractivity contribution in [2.75, 3.05) is 13.2 Å². The van der Waals surface area contributed by atoms with Crippen molar-refractivity contribution in [2.24, 2.45) is 5.73 Å². The number of aromatic nitrogens is 1. The van der Waals surface area contributed by atoms with E-state index in [1.165, 1.54) is 0 Å². The summed E-state index contributed by atoms with van der Waals surface area (Å²) in [5, 5.41) is 3.11. The van der Waals surface area contributed by atoms with Crippen LogP contribution in [0.1, 0.15) is 45.3 Å². The van der Waals surface area contributed by atoms with Gasteiger partial charge in [0.2, 0.25) is 0 Å². The van der Waals surface area contributed by atoms with Gasteiger partial charge in [-0.15, -0.1) is 11.3 Å². The Hall–Kier alpha value is -0.450. The summed E-state index contributed by atoms with van der Waals surface area (Å²) in [5.41, 5.74) is 6.45. The van der Waals surface area contributed by atoms with E-state index in [9.17, 15) is 0 Å². The first-order valence-corrected chi connectivity index (χ1v) is 6.52. The average Bonchev–Trinajstić information content (AvgIpc) is 2.67. The first kappa shape index (κ1) is 13.6. The van der Waals surface area contributed by atoms with Crippen molar-refractivity contribution in [1.82, 2.24) is 4.98 Å². The van der Waals surface area contributed by atoms with Crippen LogP contribution in [0.3, 0.4) is 0 Å². The molecule has 0 saturated heterocycles. The number of nitrogens with two attached hydrogens (primary N) is 1. The third kappa shape index (κ3) is 2.81. The molecule has 3 nitrogen and oxygen atoms in total. The molecule has 1 aromatic heterocycles. The molecule has 4 heteroatoms. The lowest BCUT2D eigenvalue weighted by molar-refractivity contribution is -0.0143. The zero-order valence-corrected chi connectivity index (χ0v) is 11.6. The van der Waals surface area contributed by atoms with Crippen LogP contribution in [0.2, 0.25) is 0 Å². The third-order valence-electron chi connectivity index (χ3n) is 2.73. The van der Waals surface area contributed by atoms with Crippen molar-refractivity contribution in [2.45, 2.75) is 45.6 Å². The van der Waals surface area contributed by atoms with Crippen LogP contribution in [0.5, 0.6) is 0 Å². The minimum atomic E-state index is -0.303. The Labute approximate surface area is 102 Å². The predicted molar refractivity (Wildman–Crippen MR) is 68.8 cm³/mol. The molecule has 1 aromatic rings. The molecule has 0 amide bonds. The molecule has 0 fully saturated rings. The van der Waals surface area contributed by atoms with Crippen molar-refractivity contribution < 1.29 is 4.74 Å². The van der Waals surface area contributed by atoms with Crippen LogP contribution >= 0.6 is 11.3 Å². The number of thiazole rings is 1. The van der Waals surface area contributed by atoms with Crippen LogP contribution in [0.25, 0.3) is 0 Å². The number of hydrogen-bond donors (Lipinski definition) is 1. The fraction of sp³-hybridized carbons (Fsp3) is 0.750. The standard InChI is InChI=1S/C12H22N2OS/c1-6-15-12(4,5)10-14-9(7-16-10)11(2,3)8-13/h7H,6,8,13H2,1-5H3. The van der Waals surface area contributed by atoms with E-state index in [0.29, 0.717) is 13.2 Å². The molecule has 2 N–H and O–H groups in total. The van der Waals surface area contributed by atoms with Crippen LogP contribution in [0.4, 0.5) is 0 Å². The molecule has 16 heavy (non-hydrogen) atoms. The SMILES string of the molecule is CCOC(C)(C)c1nc(C(C)(C)CN)cs1. The molecule has 0 aliphatic heterocycles. The van der Waals surface area contributed by atoms with Crippen LogP contribution in [0, 0.1) is 0 Å². The summed E-state index contributed by atoms with van der Waals surface area (Å²) in [6.07, 6.45) is 0. The topological polar surface area (TPSA) is 48.1 Å². The summed E-state index contributed by atoms with van der Waals surface area (Å²) in [5.74, 6) is 0. The van der Waals surface area contributed by atoms with Gasteiger partial charge in [-0.25, -0.2) is 4.98 Å². The highest BCUT2D eigenvalue weighted by atomic mass is 32.1. The molecular formula is C12H22N2OS. The summed E-state index contributed by atoms with van der Waals surface area (Å²) in [4.78, 5) is 4.66. The highest BCUT2D eigenvalue weighted by Gasteiger charge is 2.28. The predicted octanol–water partition coefficient (Wildman–Crippen LogP) is 2.65. The Morgan fingerprint density at radius 3 is 2.50 bits per heavy atom. The van der Waals surface area contributed by atoms with Gasteiger partial charge in [-0.3, -0.25) is 0 Å². The molecule has 0 spiro atoms. The van der Waals surface area contributed by atoms with Crippen molar-refractivity contribution in [3.63, 3.8) is 0 Å². The summed E-state index contributed by atoms with van der Waals surface area (Å²) in [7, 11) is 0. The monoisotopic (exact) mass is 242 g/mol. The van der Waals surface area contributed by atoms with E-state index < -0.39 is 0 Å². The second-order valence-corrected chi connectivity index (χ2v) is 5.93. The van der Waals surface area contributed by atoms with Gasteiger partial charge in [0.1, 0.15) is 10.6 Å². The molecule has 1 heterocycles. The second kappa shape index (κ2) is 4.82. The Balaban J connectivity index is 2.95. The molecule has 0 aliphatic carbocycles. The molecule has 0 aromatic carbocycles. The first-order chi connectivity index (χ1) is 7.33. The molecule has 1 rings (SSSR count). The molecule has 0 bridgehead atoms. The first-order valence-electron chi connectivity index (χ1n) is 5.64. The quantitative estimate of drug-likeness (QED) is 0.863. The van der Waals surface area contributed by atoms with Crippen molar-refractivity contribution in [3.8, 4) is 0 Å². The van der Waals surface area contributed by atoms with E-state index in [4.69, 9.17) is 10.5 Å². The van der Waals surface area contributed by atoms with Gasteiger partial charge in [0.15, 0.2) is 0 Å². The highest BCUT2D eigenvalue weighted by Crippen LogP contribution is 2.31. The third-order valence-corrected chi connectivity index (χ3v) is 3.88. The van der Waals surface area contributed by atoms with Crippen molar-refractivity contribution in [1.29, 1.82) is 0 Å². The van der Waals surface area contributed by atoms with Gasteiger partial charge in [-0.05, 0) is 20.8 Å². The molecular weight excluding hydrogens is 220 g/mol. The van der Waals surface area contributed by atoms with E-state index in [0.717, 1.165) is 10.7 Å². The van der Waals surface area contributed by atoms with Gasteiger partial charge < -0.3 is 10.5 Å². The molecule has 0 saturated carbocycles. The lowest BCUT2D eigenvalue weighted by Gasteiger charge is -2.23. The minimum Gasteiger partial charge on any atom is -0.369 e. The lowest BCUT2D eigenvalue weighted by atomic mass is 9.90. The second-order valence-electron chi connectivity index (χ2n) is 5.07. The Morgan fingerprint density at radius 2 is 2.00 bits per heavy atom. The summed E-state index contributed by atoms with van der Waals surface area (Å²) < 4.78 is 5.69. The summed E-state index contributed by atoms with van der Waals surface area (Å²) >= 11 is 1.65. The molecule has 92 valence electrons. The van der Waals surface area contributed by atoms with Crippen LogP contribution in [0.15, 0.2) is 5.38 Å². The van der Waals surface area contributed by atoms with E-state index in [1.807, 2.05) is 6.92 Å². The minimum absolute atomic E-state index is 0.0585. The maximum atomic E-state index is 5.75. The number of rotatable bonds is 5. The van der Waals surface area contributed by atoms with E-state index in [1.54, 1.807) is 11.3 Å². The Bertz CT molecular complexity index is 345. The van der Waals surface area contributed by atoms with Gasteiger partial charge in [0.05, 0.1) is 5.69 Å². The van der Waals surface area contributed by atoms with Crippen LogP contribution in [-0.2, 0) is 15.8 Å². The van der Waals surface area contributed by atoms with Crippen molar-refractivity contribution in [3.05, 3.63) is 16.1 Å². The average molecular weight is 242 g/mol. The zero-order chi connectivity index (χ0) is 12.4. The largest absolute Gasteiger partial charge is 0.369 e. The van der Waals surface area contributed by atoms with Gasteiger partial charge >= 0.3 is 0 Å². The number of hydrogen-bond acceptors (Lipinski definition) is 4. The van der Waals surface area contributed by atoms with Crippen LogP contribution in [-0.4, -0.2) is 18.1 Å². The van der Waals surface area contributed by atoms with Gasteiger partial charge in [0, 0.05) is 23.9 Å². The summed E-state index contributed by atoms with van der Waals surface area (Å²) in [6.45, 7) is 11.6. The van der Waals surface area contributed by atoms with Gasteiger partial charge in [-0.1, -0.05) is 13.8 Å². The zero-order valence-electron chi connectivity index (χ0n) is 10.8. The van der Waals surface area contributed by atoms with Gasteiger partial charge in [0.25, 0.3) is 0 Å². The maximum absolute atomic E-state index is 5.75. The van der Waals surface area contributed by atoms with Crippen LogP contribution < -0.4 is 5.73 Å². The Kier molecular flexibility index (Phi) is 4.10. The smallest absolute Gasteiger partial charge is 0.124 e. The van der Waals surface area contributed by atoms with E-state index in [2.05, 4.69) is 38.1 Å². The number of nitrogens with zero attached hydrogens (tertiary/aromatic N) is 1.